The molecule has 1 unspecified atom stereocenters. The highest BCUT2D eigenvalue weighted by Crippen LogP contribution is 2.33. The van der Waals surface area contributed by atoms with Gasteiger partial charge in [0.25, 0.3) is 5.89 Å². The summed E-state index contributed by atoms with van der Waals surface area (Å²) in [6, 6.07) is 9.01. The van der Waals surface area contributed by atoms with E-state index in [-0.39, 0.29) is 33.5 Å². The predicted molar refractivity (Wildman–Crippen MR) is 97.3 cm³/mol. The van der Waals surface area contributed by atoms with Crippen LogP contribution >= 0.6 is 15.9 Å². The largest absolute Gasteiger partial charge is 0.332 e. The summed E-state index contributed by atoms with van der Waals surface area (Å²) in [5.41, 5.74) is 0.701. The van der Waals surface area contributed by atoms with Crippen LogP contribution in [0.1, 0.15) is 17.4 Å². The van der Waals surface area contributed by atoms with Crippen LogP contribution in [-0.4, -0.2) is 25.1 Å². The van der Waals surface area contributed by atoms with Gasteiger partial charge in [-0.1, -0.05) is 38.4 Å². The number of benzene rings is 2. The van der Waals surface area contributed by atoms with Crippen molar-refractivity contribution in [2.75, 3.05) is 0 Å². The van der Waals surface area contributed by atoms with E-state index >= 15 is 0 Å². The van der Waals surface area contributed by atoms with Crippen LogP contribution in [0.2, 0.25) is 0 Å². The van der Waals surface area contributed by atoms with Crippen LogP contribution in [-0.2, 0) is 0 Å². The fourth-order valence-corrected chi connectivity index (χ4v) is 3.11. The molecular weight excluding hydrogens is 439 g/mol. The highest BCUT2D eigenvalue weighted by atomic mass is 79.9. The zero-order valence-electron chi connectivity index (χ0n) is 14.3. The van der Waals surface area contributed by atoms with E-state index in [1.165, 1.54) is 10.7 Å². The summed E-state index contributed by atoms with van der Waals surface area (Å²) in [4.78, 5) is 3.80. The fraction of sp³-hybridized carbons (Fsp3) is 0.111. The maximum Gasteiger partial charge on any atom is 0.280 e. The minimum absolute atomic E-state index is 0.0532. The molecule has 0 aliphatic carbocycles. The van der Waals surface area contributed by atoms with E-state index in [4.69, 9.17) is 4.52 Å². The van der Waals surface area contributed by atoms with Crippen molar-refractivity contribution in [1.82, 2.24) is 25.1 Å². The first-order valence-electron chi connectivity index (χ1n) is 8.09. The molecule has 4 aromatic rings. The van der Waals surface area contributed by atoms with Crippen LogP contribution in [0.15, 0.2) is 47.0 Å². The van der Waals surface area contributed by atoms with Gasteiger partial charge in [0.1, 0.15) is 23.1 Å². The van der Waals surface area contributed by atoms with Crippen molar-refractivity contribution in [3.8, 4) is 28.7 Å². The third-order valence-electron chi connectivity index (χ3n) is 3.96. The molecule has 0 aliphatic rings. The number of hydrogen-bond acceptors (Lipinski definition) is 5. The Morgan fingerprint density at radius 3 is 2.61 bits per heavy atom. The molecule has 0 aliphatic heterocycles. The predicted octanol–water partition coefficient (Wildman–Crippen LogP) is 4.86. The Hall–Kier alpha value is -3.01. The second kappa shape index (κ2) is 7.19. The molecule has 2 heterocycles. The normalized spacial score (nSPS) is 12.3. The molecule has 142 valence electrons. The lowest BCUT2D eigenvalue weighted by Gasteiger charge is -2.09. The zero-order valence-corrected chi connectivity index (χ0v) is 15.9. The molecular formula is C18H11BrF3N5O. The van der Waals surface area contributed by atoms with Gasteiger partial charge in [0, 0.05) is 0 Å². The molecule has 0 fully saturated rings. The van der Waals surface area contributed by atoms with Crippen molar-refractivity contribution in [1.29, 1.82) is 0 Å². The van der Waals surface area contributed by atoms with E-state index < -0.39 is 17.5 Å². The van der Waals surface area contributed by atoms with Gasteiger partial charge in [0.05, 0.1) is 16.1 Å². The van der Waals surface area contributed by atoms with Gasteiger partial charge in [-0.05, 0) is 37.3 Å². The molecule has 2 aromatic heterocycles. The van der Waals surface area contributed by atoms with Gasteiger partial charge in [-0.15, -0.1) is 5.10 Å². The highest BCUT2D eigenvalue weighted by molar-refractivity contribution is 9.09. The first-order chi connectivity index (χ1) is 13.5. The van der Waals surface area contributed by atoms with E-state index in [2.05, 4.69) is 36.4 Å². The van der Waals surface area contributed by atoms with Gasteiger partial charge in [0.2, 0.25) is 5.82 Å². The second-order valence-electron chi connectivity index (χ2n) is 5.85. The van der Waals surface area contributed by atoms with Crippen LogP contribution in [0.3, 0.4) is 0 Å². The number of rotatable bonds is 4. The third kappa shape index (κ3) is 3.19. The molecule has 0 amide bonds. The van der Waals surface area contributed by atoms with E-state index in [0.717, 1.165) is 18.2 Å². The van der Waals surface area contributed by atoms with Gasteiger partial charge in [0.15, 0.2) is 5.69 Å². The summed E-state index contributed by atoms with van der Waals surface area (Å²) in [6.45, 7) is 1.79. The van der Waals surface area contributed by atoms with Gasteiger partial charge < -0.3 is 4.52 Å². The molecule has 2 aromatic carbocycles. The quantitative estimate of drug-likeness (QED) is 0.416. The summed E-state index contributed by atoms with van der Waals surface area (Å²) in [5, 5.41) is 11.7. The van der Waals surface area contributed by atoms with Crippen LogP contribution in [0.5, 0.6) is 0 Å². The van der Waals surface area contributed by atoms with E-state index in [1.807, 2.05) is 0 Å². The number of alkyl halides is 1. The van der Waals surface area contributed by atoms with E-state index in [0.29, 0.717) is 5.69 Å². The minimum Gasteiger partial charge on any atom is -0.332 e. The average Bonchev–Trinajstić information content (AvgIpc) is 3.31. The maximum atomic E-state index is 14.2. The second-order valence-corrected chi connectivity index (χ2v) is 7.22. The smallest absolute Gasteiger partial charge is 0.280 e. The number of nitrogens with zero attached hydrogens (tertiary/aromatic N) is 5. The molecule has 0 saturated heterocycles. The van der Waals surface area contributed by atoms with Crippen molar-refractivity contribution in [2.45, 2.75) is 11.8 Å². The summed E-state index contributed by atoms with van der Waals surface area (Å²) in [5.74, 6) is -2.01. The Morgan fingerprint density at radius 2 is 1.86 bits per heavy atom. The molecule has 1 atom stereocenters. The number of para-hydroxylation sites is 1. The Kier molecular flexibility index (Phi) is 4.71. The molecule has 10 heteroatoms. The van der Waals surface area contributed by atoms with Crippen molar-refractivity contribution in [3.63, 3.8) is 0 Å². The molecule has 0 bridgehead atoms. The van der Waals surface area contributed by atoms with Gasteiger partial charge in [-0.3, -0.25) is 0 Å². The molecule has 6 nitrogen and oxygen atoms in total. The summed E-state index contributed by atoms with van der Waals surface area (Å²) in [6.07, 6.45) is 0. The molecule has 0 saturated carbocycles. The number of hydrogen-bond donors (Lipinski definition) is 0. The van der Waals surface area contributed by atoms with Gasteiger partial charge in [-0.2, -0.15) is 4.98 Å². The summed E-state index contributed by atoms with van der Waals surface area (Å²) in [7, 11) is 0. The lowest BCUT2D eigenvalue weighted by molar-refractivity contribution is 0.430. The summed E-state index contributed by atoms with van der Waals surface area (Å²) < 4.78 is 48.1. The monoisotopic (exact) mass is 449 g/mol. The number of halogens is 4. The Balaban J connectivity index is 1.82. The first-order valence-corrected chi connectivity index (χ1v) is 9.01. The fourth-order valence-electron chi connectivity index (χ4n) is 2.70. The van der Waals surface area contributed by atoms with E-state index in [9.17, 15) is 13.2 Å². The van der Waals surface area contributed by atoms with Crippen molar-refractivity contribution >= 4 is 15.9 Å². The SMILES string of the molecule is CC(Br)c1c(-c2nc(-c3cc(F)ccc3F)no2)nnn1-c1ccccc1F. The van der Waals surface area contributed by atoms with Gasteiger partial charge in [-0.25, -0.2) is 17.9 Å². The van der Waals surface area contributed by atoms with Crippen LogP contribution in [0.4, 0.5) is 13.2 Å². The molecule has 28 heavy (non-hydrogen) atoms. The van der Waals surface area contributed by atoms with E-state index in [1.54, 1.807) is 25.1 Å². The topological polar surface area (TPSA) is 69.6 Å². The zero-order chi connectivity index (χ0) is 19.8. The molecule has 0 spiro atoms. The maximum absolute atomic E-state index is 14.2. The van der Waals surface area contributed by atoms with Crippen LogP contribution in [0.25, 0.3) is 28.7 Å². The third-order valence-corrected chi connectivity index (χ3v) is 4.39. The summed E-state index contributed by atoms with van der Waals surface area (Å²) >= 11 is 3.43. The average molecular weight is 450 g/mol. The van der Waals surface area contributed by atoms with Crippen molar-refractivity contribution in [2.24, 2.45) is 0 Å². The standard InChI is InChI=1S/C18H11BrF3N5O/c1-9(19)16-15(24-26-27(16)14-5-3-2-4-13(14)22)18-23-17(25-28-18)11-8-10(20)6-7-12(11)21/h2-9H,1H3. The Labute approximate surface area is 165 Å². The van der Waals surface area contributed by atoms with Crippen LogP contribution in [0, 0.1) is 17.5 Å². The minimum atomic E-state index is -0.696. The highest BCUT2D eigenvalue weighted by Gasteiger charge is 2.26. The number of aromatic nitrogens is 5. The van der Waals surface area contributed by atoms with Crippen molar-refractivity contribution in [3.05, 3.63) is 65.6 Å². The lowest BCUT2D eigenvalue weighted by Crippen LogP contribution is -2.05. The molecule has 4 rings (SSSR count). The lowest BCUT2D eigenvalue weighted by atomic mass is 10.2. The Morgan fingerprint density at radius 1 is 1.07 bits per heavy atom. The molecule has 0 N–H and O–H groups in total. The van der Waals surface area contributed by atoms with Crippen molar-refractivity contribution < 1.29 is 17.7 Å². The first kappa shape index (κ1) is 18.4. The Bertz CT molecular complexity index is 1160. The molecule has 0 radical (unpaired) electrons. The van der Waals surface area contributed by atoms with Crippen LogP contribution < -0.4 is 0 Å². The van der Waals surface area contributed by atoms with Gasteiger partial charge >= 0.3 is 0 Å².